The summed E-state index contributed by atoms with van der Waals surface area (Å²) < 4.78 is 15.1. The van der Waals surface area contributed by atoms with Gasteiger partial charge in [-0.1, -0.05) is 12.1 Å². The predicted octanol–water partition coefficient (Wildman–Crippen LogP) is 2.11. The second-order valence-electron chi connectivity index (χ2n) is 3.57. The first-order chi connectivity index (χ1) is 8.24. The number of nitrogens with zero attached hydrogens (tertiary/aromatic N) is 3. The molecule has 0 amide bonds. The summed E-state index contributed by atoms with van der Waals surface area (Å²) in [5.41, 5.74) is 1.41. The van der Waals surface area contributed by atoms with Crippen molar-refractivity contribution in [1.29, 1.82) is 0 Å². The van der Waals surface area contributed by atoms with Gasteiger partial charge in [0.25, 0.3) is 0 Å². The average molecular weight is 458 g/mol. The normalized spacial score (nSPS) is 9.61. The first-order valence-corrected chi connectivity index (χ1v) is 5.00. The molecule has 0 aliphatic rings. The summed E-state index contributed by atoms with van der Waals surface area (Å²) in [6.07, 6.45) is 3.14. The topological polar surface area (TPSA) is 42.4 Å². The molecule has 4 nitrogen and oxygen atoms in total. The van der Waals surface area contributed by atoms with Crippen LogP contribution in [0.1, 0.15) is 11.3 Å². The number of imidazole rings is 1. The minimum absolute atomic E-state index is 0. The second-order valence-corrected chi connectivity index (χ2v) is 3.57. The fraction of sp³-hybridized carbons (Fsp3) is 0.167. The van der Waals surface area contributed by atoms with Crippen LogP contribution in [0.5, 0.6) is 0 Å². The number of aliphatic hydroxyl groups excluding tert-OH is 1. The number of aromatic nitrogens is 2. The maximum Gasteiger partial charge on any atom is 0.222 e. The smallest absolute Gasteiger partial charge is 0.222 e. The van der Waals surface area contributed by atoms with Crippen molar-refractivity contribution in [2.45, 2.75) is 13.2 Å². The Kier molecular flexibility index (Phi) is 5.95. The van der Waals surface area contributed by atoms with E-state index in [0.29, 0.717) is 12.2 Å². The van der Waals surface area contributed by atoms with Crippen molar-refractivity contribution < 1.29 is 53.6 Å². The Bertz CT molecular complexity index is 577. The van der Waals surface area contributed by atoms with Gasteiger partial charge in [0.05, 0.1) is 31.4 Å². The van der Waals surface area contributed by atoms with Crippen LogP contribution >= 0.6 is 0 Å². The van der Waals surface area contributed by atoms with Gasteiger partial charge in [-0.25, -0.2) is 14.2 Å². The number of halogens is 1. The number of aliphatic hydroxyl groups is 1. The molecule has 1 radical (unpaired) electrons. The standard InChI is InChI=1S/C12H10FN3O.Ac/c1-14-12-3-2-9(4-11(12)13)6-16-8-15-5-10(16)7-17;/h2-5,8,17H,6-7H2;. The molecule has 1 aromatic heterocycles. The van der Waals surface area contributed by atoms with E-state index >= 15 is 0 Å². The molecule has 1 aromatic carbocycles. The van der Waals surface area contributed by atoms with Crippen molar-refractivity contribution in [1.82, 2.24) is 9.55 Å². The first-order valence-electron chi connectivity index (χ1n) is 5.00. The molecule has 1 heterocycles. The minimum atomic E-state index is -0.525. The maximum atomic E-state index is 13.4. The molecule has 89 valence electrons. The Hall–Kier alpha value is -0.748. The fourth-order valence-corrected chi connectivity index (χ4v) is 1.56. The second kappa shape index (κ2) is 6.99. The zero-order valence-corrected chi connectivity index (χ0v) is 14.3. The molecule has 0 spiro atoms. The van der Waals surface area contributed by atoms with E-state index < -0.39 is 5.82 Å². The number of rotatable bonds is 3. The molecule has 0 atom stereocenters. The van der Waals surface area contributed by atoms with Gasteiger partial charge in [0.2, 0.25) is 5.69 Å². The first kappa shape index (κ1) is 15.3. The van der Waals surface area contributed by atoms with Crippen LogP contribution in [0, 0.1) is 56.5 Å². The van der Waals surface area contributed by atoms with E-state index in [1.807, 2.05) is 0 Å². The molecule has 0 saturated heterocycles. The van der Waals surface area contributed by atoms with E-state index in [-0.39, 0.29) is 56.4 Å². The van der Waals surface area contributed by atoms with Crippen LogP contribution < -0.4 is 0 Å². The largest absolute Gasteiger partial charge is 0.390 e. The van der Waals surface area contributed by atoms with Crippen LogP contribution in [0.15, 0.2) is 30.7 Å². The molecule has 0 unspecified atom stereocenters. The molecule has 0 fully saturated rings. The number of benzene rings is 1. The van der Waals surface area contributed by atoms with Crippen molar-refractivity contribution >= 4 is 5.69 Å². The van der Waals surface area contributed by atoms with Gasteiger partial charge in [-0.05, 0) is 11.6 Å². The Morgan fingerprint density at radius 1 is 1.44 bits per heavy atom. The van der Waals surface area contributed by atoms with E-state index in [2.05, 4.69) is 9.83 Å². The van der Waals surface area contributed by atoms with Gasteiger partial charge in [0.1, 0.15) is 5.82 Å². The van der Waals surface area contributed by atoms with E-state index in [4.69, 9.17) is 11.7 Å². The van der Waals surface area contributed by atoms with Gasteiger partial charge in [0, 0.05) is 50.6 Å². The monoisotopic (exact) mass is 458 g/mol. The van der Waals surface area contributed by atoms with E-state index in [0.717, 1.165) is 5.56 Å². The molecule has 6 heteroatoms. The minimum Gasteiger partial charge on any atom is -0.390 e. The SMILES string of the molecule is [Ac].[C-]#[N+]c1ccc(Cn2cncc2CO)cc1F. The third-order valence-corrected chi connectivity index (χ3v) is 2.45. The summed E-state index contributed by atoms with van der Waals surface area (Å²) in [5.74, 6) is -0.525. The summed E-state index contributed by atoms with van der Waals surface area (Å²) in [6.45, 7) is 7.07. The van der Waals surface area contributed by atoms with E-state index in [1.54, 1.807) is 23.2 Å². The molecule has 0 aliphatic heterocycles. The summed E-state index contributed by atoms with van der Waals surface area (Å²) in [5, 5.41) is 9.05. The van der Waals surface area contributed by atoms with E-state index in [1.165, 1.54) is 12.1 Å². The van der Waals surface area contributed by atoms with Gasteiger partial charge < -0.3 is 9.67 Å². The molecule has 0 saturated carbocycles. The van der Waals surface area contributed by atoms with Crippen LogP contribution in [0.25, 0.3) is 4.85 Å². The number of hydrogen-bond acceptors (Lipinski definition) is 2. The van der Waals surface area contributed by atoms with Crippen LogP contribution in [0.4, 0.5) is 10.1 Å². The summed E-state index contributed by atoms with van der Waals surface area (Å²) in [6, 6.07) is 4.47. The van der Waals surface area contributed by atoms with E-state index in [9.17, 15) is 4.39 Å². The predicted molar refractivity (Wildman–Crippen MR) is 59.9 cm³/mol. The molecular weight excluding hydrogens is 448 g/mol. The fourth-order valence-electron chi connectivity index (χ4n) is 1.56. The molecule has 1 N–H and O–H groups in total. The Morgan fingerprint density at radius 2 is 2.22 bits per heavy atom. The molecule has 0 bridgehead atoms. The van der Waals surface area contributed by atoms with Crippen LogP contribution in [-0.4, -0.2) is 14.7 Å². The van der Waals surface area contributed by atoms with Crippen LogP contribution in [-0.2, 0) is 13.2 Å². The van der Waals surface area contributed by atoms with Crippen LogP contribution in [0.2, 0.25) is 0 Å². The molecule has 18 heavy (non-hydrogen) atoms. The van der Waals surface area contributed by atoms with Gasteiger partial charge >= 0.3 is 0 Å². The summed E-state index contributed by atoms with van der Waals surface area (Å²) in [4.78, 5) is 6.96. The van der Waals surface area contributed by atoms with Crippen LogP contribution in [0.3, 0.4) is 0 Å². The Labute approximate surface area is 140 Å². The summed E-state index contributed by atoms with van der Waals surface area (Å²) >= 11 is 0. The van der Waals surface area contributed by atoms with Gasteiger partial charge in [0.15, 0.2) is 0 Å². The third-order valence-electron chi connectivity index (χ3n) is 2.45. The zero-order chi connectivity index (χ0) is 12.3. The average Bonchev–Trinajstić information content (AvgIpc) is 2.76. The van der Waals surface area contributed by atoms with Gasteiger partial charge in [-0.15, -0.1) is 0 Å². The van der Waals surface area contributed by atoms with Gasteiger partial charge in [-0.2, -0.15) is 0 Å². The van der Waals surface area contributed by atoms with Crippen molar-refractivity contribution in [2.24, 2.45) is 0 Å². The molecule has 0 aliphatic carbocycles. The molecular formula is C12H10AcFN3O. The maximum absolute atomic E-state index is 13.4. The van der Waals surface area contributed by atoms with Gasteiger partial charge in [-0.3, -0.25) is 0 Å². The molecule has 2 aromatic rings. The van der Waals surface area contributed by atoms with Crippen molar-refractivity contribution in [3.63, 3.8) is 0 Å². The Morgan fingerprint density at radius 3 is 2.83 bits per heavy atom. The number of hydrogen-bond donors (Lipinski definition) is 1. The third kappa shape index (κ3) is 3.38. The summed E-state index contributed by atoms with van der Waals surface area (Å²) in [7, 11) is 0. The van der Waals surface area contributed by atoms with Crippen molar-refractivity contribution in [3.8, 4) is 0 Å². The quantitative estimate of drug-likeness (QED) is 0.717. The Balaban J connectivity index is 0.00000162. The van der Waals surface area contributed by atoms with Crippen molar-refractivity contribution in [2.75, 3.05) is 0 Å². The van der Waals surface area contributed by atoms with Crippen molar-refractivity contribution in [3.05, 3.63) is 59.2 Å². The zero-order valence-electron chi connectivity index (χ0n) is 9.55. The molecule has 2 rings (SSSR count).